The van der Waals surface area contributed by atoms with Crippen molar-refractivity contribution >= 4 is 23.3 Å². The molecule has 2 fully saturated rings. The second-order valence-corrected chi connectivity index (χ2v) is 8.65. The number of anilines is 1. The number of carbonyl (C=O) groups excluding carboxylic acids is 1. The molecule has 3 N–H and O–H groups in total. The average molecular weight is 461 g/mol. The van der Waals surface area contributed by atoms with Crippen LogP contribution >= 0.6 is 11.6 Å². The monoisotopic (exact) mass is 460 g/mol. The van der Waals surface area contributed by atoms with Gasteiger partial charge in [-0.15, -0.1) is 0 Å². The van der Waals surface area contributed by atoms with Gasteiger partial charge in [0.05, 0.1) is 18.6 Å². The molecule has 2 aliphatic heterocycles. The number of benzene rings is 1. The predicted octanol–water partition coefficient (Wildman–Crippen LogP) is 1.05. The molecule has 4 unspecified atom stereocenters. The summed E-state index contributed by atoms with van der Waals surface area (Å²) in [6.07, 6.45) is -1.62. The molecule has 1 aromatic heterocycles. The Morgan fingerprint density at radius 2 is 1.88 bits per heavy atom. The number of aliphatic hydroxyl groups is 2. The molecular formula is C23H29ClN4O4. The highest BCUT2D eigenvalue weighted by Crippen LogP contribution is 2.25. The number of rotatable bonds is 7. The molecule has 0 spiro atoms. The first kappa shape index (κ1) is 22.9. The first-order chi connectivity index (χ1) is 15.5. The third-order valence-electron chi connectivity index (χ3n) is 6.01. The van der Waals surface area contributed by atoms with E-state index in [1.807, 2.05) is 42.5 Å². The van der Waals surface area contributed by atoms with Crippen LogP contribution in [0.5, 0.6) is 0 Å². The van der Waals surface area contributed by atoms with Gasteiger partial charge in [-0.2, -0.15) is 0 Å². The van der Waals surface area contributed by atoms with E-state index in [4.69, 9.17) is 16.3 Å². The second-order valence-electron chi connectivity index (χ2n) is 8.21. The maximum absolute atomic E-state index is 12.8. The van der Waals surface area contributed by atoms with Crippen molar-refractivity contribution < 1.29 is 19.7 Å². The summed E-state index contributed by atoms with van der Waals surface area (Å²) in [6.45, 7) is 3.51. The first-order valence-corrected chi connectivity index (χ1v) is 11.3. The Morgan fingerprint density at radius 3 is 2.59 bits per heavy atom. The number of halogens is 1. The fourth-order valence-corrected chi connectivity index (χ4v) is 4.41. The van der Waals surface area contributed by atoms with E-state index in [1.165, 1.54) is 0 Å². The van der Waals surface area contributed by atoms with Gasteiger partial charge < -0.3 is 30.1 Å². The molecule has 32 heavy (non-hydrogen) atoms. The Kier molecular flexibility index (Phi) is 7.59. The van der Waals surface area contributed by atoms with E-state index in [2.05, 4.69) is 15.2 Å². The van der Waals surface area contributed by atoms with Gasteiger partial charge in [0.15, 0.2) is 0 Å². The molecule has 9 heteroatoms. The minimum absolute atomic E-state index is 0.0482. The van der Waals surface area contributed by atoms with Crippen LogP contribution in [0.25, 0.3) is 0 Å². The number of nitrogens with zero attached hydrogens (tertiary/aromatic N) is 3. The van der Waals surface area contributed by atoms with Gasteiger partial charge in [-0.1, -0.05) is 29.8 Å². The van der Waals surface area contributed by atoms with Gasteiger partial charge in [-0.05, 0) is 29.8 Å². The fraction of sp³-hybridized carbons (Fsp3) is 0.478. The van der Waals surface area contributed by atoms with E-state index >= 15 is 0 Å². The number of aliphatic hydroxyl groups excluding tert-OH is 2. The minimum atomic E-state index is -1.09. The zero-order valence-corrected chi connectivity index (χ0v) is 18.6. The summed E-state index contributed by atoms with van der Waals surface area (Å²) in [7, 11) is 0. The van der Waals surface area contributed by atoms with Gasteiger partial charge in [0.25, 0.3) is 0 Å². The van der Waals surface area contributed by atoms with Gasteiger partial charge in [-0.3, -0.25) is 4.79 Å². The molecule has 0 bridgehead atoms. The summed E-state index contributed by atoms with van der Waals surface area (Å²) < 4.78 is 5.84. The molecule has 8 nitrogen and oxygen atoms in total. The lowest BCUT2D eigenvalue weighted by molar-refractivity contribution is -0.135. The largest absolute Gasteiger partial charge is 0.388 e. The average Bonchev–Trinajstić information content (AvgIpc) is 3.07. The van der Waals surface area contributed by atoms with Crippen molar-refractivity contribution in [1.82, 2.24) is 15.2 Å². The number of ether oxygens (including phenoxy) is 1. The smallest absolute Gasteiger partial charge is 0.225 e. The van der Waals surface area contributed by atoms with Crippen LogP contribution in [0, 0.1) is 0 Å². The predicted molar refractivity (Wildman–Crippen MR) is 121 cm³/mol. The summed E-state index contributed by atoms with van der Waals surface area (Å²) in [4.78, 5) is 21.1. The molecule has 4 rings (SSSR count). The quantitative estimate of drug-likeness (QED) is 0.568. The van der Waals surface area contributed by atoms with Crippen molar-refractivity contribution in [3.63, 3.8) is 0 Å². The molecule has 2 aromatic rings. The third kappa shape index (κ3) is 5.57. The number of hydrogen-bond acceptors (Lipinski definition) is 7. The molecule has 2 saturated heterocycles. The zero-order chi connectivity index (χ0) is 22.5. The van der Waals surface area contributed by atoms with Gasteiger partial charge in [0, 0.05) is 50.5 Å². The van der Waals surface area contributed by atoms with Crippen LogP contribution in [0.3, 0.4) is 0 Å². The summed E-state index contributed by atoms with van der Waals surface area (Å²) in [5.41, 5.74) is 1.02. The lowest BCUT2D eigenvalue weighted by Crippen LogP contribution is -2.50. The summed E-state index contributed by atoms with van der Waals surface area (Å²) in [5, 5.41) is 24.7. The Hall–Kier alpha value is -2.23. The van der Waals surface area contributed by atoms with Gasteiger partial charge in [0.2, 0.25) is 5.91 Å². The molecule has 172 valence electrons. The summed E-state index contributed by atoms with van der Waals surface area (Å²) in [5.74, 6) is 0.833. The SMILES string of the molecule is O=C(CC1OC(CNCc2cccc(Cl)c2)C(O)C1O)N1CCN(c2ccccn2)CC1. The normalized spacial score (nSPS) is 25.8. The number of carbonyl (C=O) groups is 1. The maximum Gasteiger partial charge on any atom is 0.225 e. The van der Waals surface area contributed by atoms with Crippen molar-refractivity contribution in [2.24, 2.45) is 0 Å². The van der Waals surface area contributed by atoms with Crippen LogP contribution in [-0.2, 0) is 16.1 Å². The number of aromatic nitrogens is 1. The highest BCUT2D eigenvalue weighted by Gasteiger charge is 2.43. The Balaban J connectivity index is 1.23. The lowest BCUT2D eigenvalue weighted by Gasteiger charge is -2.36. The standard InChI is InChI=1S/C23H29ClN4O4/c24-17-5-3-4-16(12-17)14-25-15-19-23(31)22(30)18(32-19)13-21(29)28-10-8-27(9-11-28)20-6-1-2-7-26-20/h1-7,12,18-19,22-23,25,30-31H,8-11,13-15H2. The van der Waals surface area contributed by atoms with E-state index in [1.54, 1.807) is 11.1 Å². The molecular weight excluding hydrogens is 432 g/mol. The second kappa shape index (κ2) is 10.6. The molecule has 0 saturated carbocycles. The topological polar surface area (TPSA) is 98.2 Å². The zero-order valence-electron chi connectivity index (χ0n) is 17.8. The van der Waals surface area contributed by atoms with E-state index in [0.717, 1.165) is 11.4 Å². The van der Waals surface area contributed by atoms with Gasteiger partial charge >= 0.3 is 0 Å². The van der Waals surface area contributed by atoms with Gasteiger partial charge in [0.1, 0.15) is 18.0 Å². The first-order valence-electron chi connectivity index (χ1n) is 10.9. The number of amides is 1. The Morgan fingerprint density at radius 1 is 1.09 bits per heavy atom. The Bertz CT molecular complexity index is 895. The van der Waals surface area contributed by atoms with Crippen LogP contribution in [0.2, 0.25) is 5.02 Å². The van der Waals surface area contributed by atoms with Crippen LogP contribution < -0.4 is 10.2 Å². The van der Waals surface area contributed by atoms with Crippen LogP contribution in [0.1, 0.15) is 12.0 Å². The number of pyridine rings is 1. The number of hydrogen-bond donors (Lipinski definition) is 3. The molecule has 1 amide bonds. The van der Waals surface area contributed by atoms with Crippen molar-refractivity contribution in [1.29, 1.82) is 0 Å². The number of piperazine rings is 1. The summed E-state index contributed by atoms with van der Waals surface area (Å²) in [6, 6.07) is 13.3. The lowest BCUT2D eigenvalue weighted by atomic mass is 10.0. The highest BCUT2D eigenvalue weighted by atomic mass is 35.5. The molecule has 2 aliphatic rings. The van der Waals surface area contributed by atoms with E-state index < -0.39 is 24.4 Å². The van der Waals surface area contributed by atoms with Crippen molar-refractivity contribution in [3.05, 3.63) is 59.2 Å². The molecule has 0 aliphatic carbocycles. The highest BCUT2D eigenvalue weighted by molar-refractivity contribution is 6.30. The van der Waals surface area contributed by atoms with Crippen molar-refractivity contribution in [2.75, 3.05) is 37.6 Å². The van der Waals surface area contributed by atoms with Crippen LogP contribution in [-0.4, -0.2) is 83.1 Å². The van der Waals surface area contributed by atoms with E-state index in [9.17, 15) is 15.0 Å². The summed E-state index contributed by atoms with van der Waals surface area (Å²) >= 11 is 6.00. The minimum Gasteiger partial charge on any atom is -0.388 e. The molecule has 0 radical (unpaired) electrons. The van der Waals surface area contributed by atoms with Crippen molar-refractivity contribution in [2.45, 2.75) is 37.4 Å². The Labute approximate surface area is 192 Å². The van der Waals surface area contributed by atoms with Gasteiger partial charge in [-0.25, -0.2) is 4.98 Å². The van der Waals surface area contributed by atoms with Crippen LogP contribution in [0.4, 0.5) is 5.82 Å². The maximum atomic E-state index is 12.8. The van der Waals surface area contributed by atoms with E-state index in [0.29, 0.717) is 44.3 Å². The van der Waals surface area contributed by atoms with Crippen LogP contribution in [0.15, 0.2) is 48.7 Å². The van der Waals surface area contributed by atoms with E-state index in [-0.39, 0.29) is 12.3 Å². The van der Waals surface area contributed by atoms with Crippen molar-refractivity contribution in [3.8, 4) is 0 Å². The molecule has 3 heterocycles. The third-order valence-corrected chi connectivity index (χ3v) is 6.24. The fourth-order valence-electron chi connectivity index (χ4n) is 4.20. The molecule has 1 aromatic carbocycles. The number of nitrogens with one attached hydrogen (secondary N) is 1. The molecule has 4 atom stereocenters.